The zero-order chi connectivity index (χ0) is 16.7. The highest BCUT2D eigenvalue weighted by Gasteiger charge is 2.19. The molecule has 0 saturated heterocycles. The molecule has 1 amide bonds. The number of benzene rings is 1. The van der Waals surface area contributed by atoms with Crippen LogP contribution in [-0.4, -0.2) is 15.3 Å². The Labute approximate surface area is 148 Å². The van der Waals surface area contributed by atoms with E-state index in [1.165, 1.54) is 12.1 Å². The van der Waals surface area contributed by atoms with E-state index in [9.17, 15) is 4.79 Å². The van der Waals surface area contributed by atoms with Crippen molar-refractivity contribution in [3.05, 3.63) is 62.5 Å². The molecule has 0 aliphatic carbocycles. The van der Waals surface area contributed by atoms with Gasteiger partial charge in [-0.3, -0.25) is 9.20 Å². The standard InChI is InChI=1S/C16H12Cl3N3O/c1-8-4-3-5-22-14(9(2)20-15(8)22)16(23)21-13-7-11(18)10(17)6-12(13)19/h3-7H,1-2H3,(H,21,23). The predicted octanol–water partition coefficient (Wildman–Crippen LogP) is 5.16. The van der Waals surface area contributed by atoms with Gasteiger partial charge in [-0.2, -0.15) is 0 Å². The molecule has 0 atom stereocenters. The number of aromatic nitrogens is 2. The van der Waals surface area contributed by atoms with Gasteiger partial charge in [0.1, 0.15) is 11.3 Å². The second-order valence-corrected chi connectivity index (χ2v) is 6.35. The maximum atomic E-state index is 12.7. The van der Waals surface area contributed by atoms with Crippen molar-refractivity contribution >= 4 is 52.0 Å². The Morgan fingerprint density at radius 2 is 1.83 bits per heavy atom. The van der Waals surface area contributed by atoms with E-state index in [0.717, 1.165) is 11.2 Å². The fourth-order valence-electron chi connectivity index (χ4n) is 2.39. The number of nitrogens with one attached hydrogen (secondary N) is 1. The van der Waals surface area contributed by atoms with Crippen LogP contribution in [0, 0.1) is 13.8 Å². The van der Waals surface area contributed by atoms with Gasteiger partial charge in [-0.25, -0.2) is 4.98 Å². The molecule has 0 unspecified atom stereocenters. The van der Waals surface area contributed by atoms with Crippen LogP contribution in [0.15, 0.2) is 30.5 Å². The Morgan fingerprint density at radius 3 is 2.57 bits per heavy atom. The van der Waals surface area contributed by atoms with E-state index in [2.05, 4.69) is 10.3 Å². The smallest absolute Gasteiger partial charge is 0.274 e. The minimum Gasteiger partial charge on any atom is -0.319 e. The van der Waals surface area contributed by atoms with Crippen molar-refractivity contribution in [1.82, 2.24) is 9.38 Å². The minimum atomic E-state index is -0.319. The molecule has 0 saturated carbocycles. The summed E-state index contributed by atoms with van der Waals surface area (Å²) in [6.45, 7) is 3.73. The second-order valence-electron chi connectivity index (χ2n) is 5.13. The predicted molar refractivity (Wildman–Crippen MR) is 94.1 cm³/mol. The van der Waals surface area contributed by atoms with E-state index in [1.54, 1.807) is 17.5 Å². The summed E-state index contributed by atoms with van der Waals surface area (Å²) in [4.78, 5) is 17.1. The number of aryl methyl sites for hydroxylation is 2. The number of hydrogen-bond acceptors (Lipinski definition) is 2. The molecular weight excluding hydrogens is 357 g/mol. The minimum absolute atomic E-state index is 0.315. The van der Waals surface area contributed by atoms with Crippen molar-refractivity contribution in [2.24, 2.45) is 0 Å². The van der Waals surface area contributed by atoms with E-state index in [0.29, 0.717) is 32.1 Å². The van der Waals surface area contributed by atoms with Gasteiger partial charge in [0.2, 0.25) is 0 Å². The molecule has 0 bridgehead atoms. The monoisotopic (exact) mass is 367 g/mol. The Balaban J connectivity index is 2.04. The molecule has 23 heavy (non-hydrogen) atoms. The maximum Gasteiger partial charge on any atom is 0.274 e. The van der Waals surface area contributed by atoms with Crippen molar-refractivity contribution in [2.75, 3.05) is 5.32 Å². The number of anilines is 1. The Kier molecular flexibility index (Phi) is 4.23. The third-order valence-corrected chi connectivity index (χ3v) is 4.53. The number of carbonyl (C=O) groups excluding carboxylic acids is 1. The fraction of sp³-hybridized carbons (Fsp3) is 0.125. The Bertz CT molecular complexity index is 934. The molecular formula is C16H12Cl3N3O. The lowest BCUT2D eigenvalue weighted by Gasteiger charge is -2.09. The number of rotatable bonds is 2. The van der Waals surface area contributed by atoms with Gasteiger partial charge in [0.15, 0.2) is 0 Å². The maximum absolute atomic E-state index is 12.7. The highest BCUT2D eigenvalue weighted by Crippen LogP contribution is 2.32. The number of carbonyl (C=O) groups is 1. The summed E-state index contributed by atoms with van der Waals surface area (Å²) in [7, 11) is 0. The highest BCUT2D eigenvalue weighted by atomic mass is 35.5. The normalized spacial score (nSPS) is 11.0. The summed E-state index contributed by atoms with van der Waals surface area (Å²) >= 11 is 18.0. The van der Waals surface area contributed by atoms with E-state index in [-0.39, 0.29) is 5.91 Å². The van der Waals surface area contributed by atoms with E-state index < -0.39 is 0 Å². The van der Waals surface area contributed by atoms with Gasteiger partial charge >= 0.3 is 0 Å². The molecule has 7 heteroatoms. The summed E-state index contributed by atoms with van der Waals surface area (Å²) in [6.07, 6.45) is 1.80. The first kappa shape index (κ1) is 16.1. The van der Waals surface area contributed by atoms with Crippen molar-refractivity contribution in [1.29, 1.82) is 0 Å². The molecule has 3 rings (SSSR count). The van der Waals surface area contributed by atoms with Crippen LogP contribution in [0.5, 0.6) is 0 Å². The summed E-state index contributed by atoms with van der Waals surface area (Å²) in [6, 6.07) is 6.83. The number of fused-ring (bicyclic) bond motifs is 1. The number of amides is 1. The largest absolute Gasteiger partial charge is 0.319 e. The first-order valence-corrected chi connectivity index (χ1v) is 7.92. The summed E-state index contributed by atoms with van der Waals surface area (Å²) in [5, 5.41) is 3.72. The third-order valence-electron chi connectivity index (χ3n) is 3.49. The fourth-order valence-corrected chi connectivity index (χ4v) is 2.98. The van der Waals surface area contributed by atoms with Gasteiger partial charge in [0.25, 0.3) is 5.91 Å². The van der Waals surface area contributed by atoms with Gasteiger partial charge < -0.3 is 5.32 Å². The van der Waals surface area contributed by atoms with Crippen molar-refractivity contribution < 1.29 is 4.79 Å². The van der Waals surface area contributed by atoms with Crippen LogP contribution in [0.4, 0.5) is 5.69 Å². The van der Waals surface area contributed by atoms with Crippen LogP contribution in [0.2, 0.25) is 15.1 Å². The average Bonchev–Trinajstić information content (AvgIpc) is 2.82. The first-order chi connectivity index (χ1) is 10.9. The van der Waals surface area contributed by atoms with Crippen LogP contribution in [0.3, 0.4) is 0 Å². The van der Waals surface area contributed by atoms with Crippen LogP contribution in [0.25, 0.3) is 5.65 Å². The molecule has 3 aromatic rings. The molecule has 0 spiro atoms. The van der Waals surface area contributed by atoms with Crippen molar-refractivity contribution in [3.63, 3.8) is 0 Å². The summed E-state index contributed by atoms with van der Waals surface area (Å²) in [5.74, 6) is -0.319. The van der Waals surface area contributed by atoms with Crippen molar-refractivity contribution in [3.8, 4) is 0 Å². The lowest BCUT2D eigenvalue weighted by Crippen LogP contribution is -2.16. The quantitative estimate of drug-likeness (QED) is 0.635. The zero-order valence-corrected chi connectivity index (χ0v) is 14.6. The van der Waals surface area contributed by atoms with Gasteiger partial charge in [0.05, 0.1) is 26.4 Å². The van der Waals surface area contributed by atoms with E-state index in [4.69, 9.17) is 34.8 Å². The van der Waals surface area contributed by atoms with Crippen LogP contribution in [-0.2, 0) is 0 Å². The molecule has 0 radical (unpaired) electrons. The number of halogens is 3. The molecule has 4 nitrogen and oxygen atoms in total. The van der Waals surface area contributed by atoms with Gasteiger partial charge in [-0.05, 0) is 37.6 Å². The summed E-state index contributed by atoms with van der Waals surface area (Å²) < 4.78 is 1.76. The zero-order valence-electron chi connectivity index (χ0n) is 12.3. The Morgan fingerprint density at radius 1 is 1.13 bits per heavy atom. The highest BCUT2D eigenvalue weighted by molar-refractivity contribution is 6.44. The molecule has 2 heterocycles. The Hall–Kier alpha value is -1.75. The molecule has 1 N–H and O–H groups in total. The van der Waals surface area contributed by atoms with Gasteiger partial charge in [-0.15, -0.1) is 0 Å². The number of imidazole rings is 1. The number of nitrogens with zero attached hydrogens (tertiary/aromatic N) is 2. The lowest BCUT2D eigenvalue weighted by atomic mass is 10.2. The molecule has 1 aromatic carbocycles. The van der Waals surface area contributed by atoms with Gasteiger partial charge in [-0.1, -0.05) is 40.9 Å². The van der Waals surface area contributed by atoms with Crippen LogP contribution < -0.4 is 5.32 Å². The average molecular weight is 369 g/mol. The molecule has 118 valence electrons. The molecule has 2 aromatic heterocycles. The lowest BCUT2D eigenvalue weighted by molar-refractivity contribution is 0.102. The SMILES string of the molecule is Cc1nc2c(C)cccn2c1C(=O)Nc1cc(Cl)c(Cl)cc1Cl. The topological polar surface area (TPSA) is 46.4 Å². The van der Waals surface area contributed by atoms with E-state index in [1.807, 2.05) is 19.1 Å². The molecule has 0 aliphatic heterocycles. The van der Waals surface area contributed by atoms with Gasteiger partial charge in [0, 0.05) is 6.20 Å². The third kappa shape index (κ3) is 2.90. The first-order valence-electron chi connectivity index (χ1n) is 6.78. The summed E-state index contributed by atoms with van der Waals surface area (Å²) in [5.41, 5.74) is 3.21. The van der Waals surface area contributed by atoms with Crippen LogP contribution in [0.1, 0.15) is 21.7 Å². The van der Waals surface area contributed by atoms with Crippen LogP contribution >= 0.6 is 34.8 Å². The second kappa shape index (κ2) is 6.04. The van der Waals surface area contributed by atoms with E-state index >= 15 is 0 Å². The number of pyridine rings is 1. The molecule has 0 fully saturated rings. The number of hydrogen-bond donors (Lipinski definition) is 1. The van der Waals surface area contributed by atoms with Crippen molar-refractivity contribution in [2.45, 2.75) is 13.8 Å². The molecule has 0 aliphatic rings.